The van der Waals surface area contributed by atoms with Gasteiger partial charge in [-0.1, -0.05) is 12.2 Å². The molecule has 100 valence electrons. The maximum absolute atomic E-state index is 5.76. The van der Waals surface area contributed by atoms with Crippen molar-refractivity contribution in [2.24, 2.45) is 5.73 Å². The van der Waals surface area contributed by atoms with E-state index in [4.69, 9.17) is 10.5 Å². The normalized spacial score (nSPS) is 12.4. The van der Waals surface area contributed by atoms with Crippen LogP contribution in [0.4, 0.5) is 0 Å². The fraction of sp³-hybridized carbons (Fsp3) is 0.462. The smallest absolute Gasteiger partial charge is 0.0672 e. The van der Waals surface area contributed by atoms with E-state index in [9.17, 15) is 0 Å². The predicted molar refractivity (Wildman–Crippen MR) is 77.4 cm³/mol. The van der Waals surface area contributed by atoms with E-state index in [1.54, 1.807) is 6.20 Å². The molecule has 1 unspecified atom stereocenters. The van der Waals surface area contributed by atoms with Gasteiger partial charge in [0.15, 0.2) is 0 Å². The van der Waals surface area contributed by atoms with Gasteiger partial charge in [0.05, 0.1) is 13.2 Å². The molecule has 18 heavy (non-hydrogen) atoms. The molecule has 5 heteroatoms. The van der Waals surface area contributed by atoms with Crippen LogP contribution in [0.2, 0.25) is 0 Å². The van der Waals surface area contributed by atoms with Gasteiger partial charge in [-0.2, -0.15) is 0 Å². The van der Waals surface area contributed by atoms with E-state index in [-0.39, 0.29) is 6.04 Å². The highest BCUT2D eigenvalue weighted by Gasteiger charge is 2.09. The number of halogens is 1. The number of nitrogens with one attached hydrogen (secondary N) is 1. The van der Waals surface area contributed by atoms with E-state index < -0.39 is 0 Å². The molecule has 4 nitrogen and oxygen atoms in total. The van der Waals surface area contributed by atoms with Crippen molar-refractivity contribution in [1.82, 2.24) is 10.3 Å². The van der Waals surface area contributed by atoms with Gasteiger partial charge in [0.2, 0.25) is 0 Å². The zero-order valence-electron chi connectivity index (χ0n) is 10.7. The molecule has 3 N–H and O–H groups in total. The summed E-state index contributed by atoms with van der Waals surface area (Å²) in [4.78, 5) is 4.14. The minimum atomic E-state index is 0.100. The summed E-state index contributed by atoms with van der Waals surface area (Å²) in [5.74, 6) is 0. The van der Waals surface area contributed by atoms with Gasteiger partial charge in [0.1, 0.15) is 0 Å². The van der Waals surface area contributed by atoms with Crippen LogP contribution in [0.3, 0.4) is 0 Å². The van der Waals surface area contributed by atoms with Crippen molar-refractivity contribution in [3.63, 3.8) is 0 Å². The van der Waals surface area contributed by atoms with E-state index in [1.165, 1.54) is 0 Å². The van der Waals surface area contributed by atoms with Crippen LogP contribution >= 0.6 is 15.9 Å². The monoisotopic (exact) mass is 313 g/mol. The highest BCUT2D eigenvalue weighted by Crippen LogP contribution is 2.15. The van der Waals surface area contributed by atoms with Crippen molar-refractivity contribution in [1.29, 1.82) is 0 Å². The van der Waals surface area contributed by atoms with Gasteiger partial charge in [-0.3, -0.25) is 4.98 Å². The van der Waals surface area contributed by atoms with Crippen LogP contribution in [0, 0.1) is 0 Å². The Morgan fingerprint density at radius 1 is 1.61 bits per heavy atom. The van der Waals surface area contributed by atoms with Crippen molar-refractivity contribution in [2.75, 3.05) is 26.3 Å². The first-order chi connectivity index (χ1) is 8.63. The zero-order chi connectivity index (χ0) is 13.4. The molecule has 1 rings (SSSR count). The molecule has 0 saturated carbocycles. The molecule has 0 radical (unpaired) electrons. The van der Waals surface area contributed by atoms with E-state index in [0.717, 1.165) is 22.2 Å². The number of hydrogen-bond acceptors (Lipinski definition) is 4. The molecule has 0 bridgehead atoms. The minimum Gasteiger partial charge on any atom is -0.376 e. The molecule has 0 aromatic carbocycles. The van der Waals surface area contributed by atoms with Crippen LogP contribution in [-0.2, 0) is 4.74 Å². The molecule has 0 aliphatic rings. The van der Waals surface area contributed by atoms with Crippen molar-refractivity contribution < 1.29 is 4.74 Å². The number of hydrogen-bond donors (Lipinski definition) is 2. The van der Waals surface area contributed by atoms with Crippen molar-refractivity contribution in [3.05, 3.63) is 40.6 Å². The Kier molecular flexibility index (Phi) is 7.12. The Bertz CT molecular complexity index is 384. The highest BCUT2D eigenvalue weighted by molar-refractivity contribution is 9.10. The second-order valence-corrected chi connectivity index (χ2v) is 5.10. The highest BCUT2D eigenvalue weighted by atomic mass is 79.9. The molecule has 0 spiro atoms. The third-order valence-corrected chi connectivity index (χ3v) is 2.78. The van der Waals surface area contributed by atoms with Crippen LogP contribution < -0.4 is 11.1 Å². The van der Waals surface area contributed by atoms with Gasteiger partial charge < -0.3 is 15.8 Å². The molecule has 1 heterocycles. The van der Waals surface area contributed by atoms with Crippen molar-refractivity contribution in [2.45, 2.75) is 13.0 Å². The predicted octanol–water partition coefficient (Wildman–Crippen LogP) is 2.03. The summed E-state index contributed by atoms with van der Waals surface area (Å²) in [5, 5.41) is 3.35. The average Bonchev–Trinajstić information content (AvgIpc) is 2.33. The largest absolute Gasteiger partial charge is 0.376 e. The fourth-order valence-electron chi connectivity index (χ4n) is 1.51. The molecule has 1 atom stereocenters. The van der Waals surface area contributed by atoms with Gasteiger partial charge >= 0.3 is 0 Å². The lowest BCUT2D eigenvalue weighted by Crippen LogP contribution is -2.31. The summed E-state index contributed by atoms with van der Waals surface area (Å²) in [6, 6.07) is 2.12. The molecule has 0 aliphatic carbocycles. The number of aromatic nitrogens is 1. The second kappa shape index (κ2) is 8.37. The van der Waals surface area contributed by atoms with E-state index in [2.05, 4.69) is 32.8 Å². The molecule has 0 saturated heterocycles. The second-order valence-electron chi connectivity index (χ2n) is 4.19. The number of pyridine rings is 1. The standard InChI is InChI=1S/C13H20BrN3O/c1-10(2)9-18-4-3-17-13(6-15)11-5-12(14)8-16-7-11/h5,7-8,13,17H,1,3-4,6,9,15H2,2H3. The van der Waals surface area contributed by atoms with Gasteiger partial charge in [-0.15, -0.1) is 0 Å². The molecule has 1 aromatic heterocycles. The van der Waals surface area contributed by atoms with Crippen LogP contribution in [0.1, 0.15) is 18.5 Å². The summed E-state index contributed by atoms with van der Waals surface area (Å²) in [5.41, 5.74) is 7.86. The minimum absolute atomic E-state index is 0.100. The molecule has 0 amide bonds. The lowest BCUT2D eigenvalue weighted by Gasteiger charge is -2.17. The third-order valence-electron chi connectivity index (χ3n) is 2.35. The van der Waals surface area contributed by atoms with Crippen LogP contribution in [0.15, 0.2) is 35.1 Å². The zero-order valence-corrected chi connectivity index (χ0v) is 12.2. The van der Waals surface area contributed by atoms with Crippen LogP contribution in [0.25, 0.3) is 0 Å². The SMILES string of the molecule is C=C(C)COCCNC(CN)c1cncc(Br)c1. The first-order valence-corrected chi connectivity index (χ1v) is 6.68. The Balaban J connectivity index is 2.36. The quantitative estimate of drug-likeness (QED) is 0.569. The molecule has 0 fully saturated rings. The fourth-order valence-corrected chi connectivity index (χ4v) is 1.89. The molecular weight excluding hydrogens is 294 g/mol. The summed E-state index contributed by atoms with van der Waals surface area (Å²) >= 11 is 3.40. The maximum Gasteiger partial charge on any atom is 0.0672 e. The number of nitrogens with zero attached hydrogens (tertiary/aromatic N) is 1. The topological polar surface area (TPSA) is 60.2 Å². The first-order valence-electron chi connectivity index (χ1n) is 5.89. The van der Waals surface area contributed by atoms with Gasteiger partial charge in [0.25, 0.3) is 0 Å². The summed E-state index contributed by atoms with van der Waals surface area (Å²) in [7, 11) is 0. The van der Waals surface area contributed by atoms with E-state index in [1.807, 2.05) is 19.2 Å². The Morgan fingerprint density at radius 3 is 3.00 bits per heavy atom. The molecular formula is C13H20BrN3O. The van der Waals surface area contributed by atoms with E-state index >= 15 is 0 Å². The number of nitrogens with two attached hydrogens (primary N) is 1. The number of ether oxygens (including phenoxy) is 1. The Hall–Kier alpha value is -0.750. The van der Waals surface area contributed by atoms with Gasteiger partial charge in [-0.25, -0.2) is 0 Å². The average molecular weight is 314 g/mol. The van der Waals surface area contributed by atoms with Gasteiger partial charge in [-0.05, 0) is 34.5 Å². The number of rotatable bonds is 8. The van der Waals surface area contributed by atoms with E-state index in [0.29, 0.717) is 19.8 Å². The summed E-state index contributed by atoms with van der Waals surface area (Å²) < 4.78 is 6.38. The van der Waals surface area contributed by atoms with Crippen LogP contribution in [0.5, 0.6) is 0 Å². The maximum atomic E-state index is 5.76. The Morgan fingerprint density at radius 2 is 2.39 bits per heavy atom. The summed E-state index contributed by atoms with van der Waals surface area (Å²) in [6.07, 6.45) is 3.58. The van der Waals surface area contributed by atoms with Crippen molar-refractivity contribution in [3.8, 4) is 0 Å². The lowest BCUT2D eigenvalue weighted by atomic mass is 10.1. The Labute approximate surface area is 117 Å². The molecule has 0 aliphatic heterocycles. The molecule has 1 aromatic rings. The van der Waals surface area contributed by atoms with Crippen LogP contribution in [-0.4, -0.2) is 31.3 Å². The third kappa shape index (κ3) is 5.73. The van der Waals surface area contributed by atoms with Gasteiger partial charge in [0, 0.05) is 36.0 Å². The summed E-state index contributed by atoms with van der Waals surface area (Å²) in [6.45, 7) is 8.26. The van der Waals surface area contributed by atoms with Crippen molar-refractivity contribution >= 4 is 15.9 Å². The first kappa shape index (κ1) is 15.3. The lowest BCUT2D eigenvalue weighted by molar-refractivity contribution is 0.155.